The summed E-state index contributed by atoms with van der Waals surface area (Å²) in [6.45, 7) is 6.71. The van der Waals surface area contributed by atoms with Gasteiger partial charge in [-0.2, -0.15) is 0 Å². The van der Waals surface area contributed by atoms with Crippen LogP contribution in [0.2, 0.25) is 0 Å². The molecule has 0 radical (unpaired) electrons. The lowest BCUT2D eigenvalue weighted by atomic mass is 9.73. The molecule has 0 aromatic carbocycles. The lowest BCUT2D eigenvalue weighted by Gasteiger charge is -2.48. The lowest BCUT2D eigenvalue weighted by Crippen LogP contribution is -2.54. The van der Waals surface area contributed by atoms with E-state index in [1.807, 2.05) is 21.9 Å². The molecule has 1 aromatic rings. The Balaban J connectivity index is 1.67. The maximum absolute atomic E-state index is 12.4. The molecule has 0 unspecified atom stereocenters. The van der Waals surface area contributed by atoms with Crippen molar-refractivity contribution in [3.05, 3.63) is 42.7 Å². The second-order valence-corrected chi connectivity index (χ2v) is 7.35. The van der Waals surface area contributed by atoms with Crippen LogP contribution in [0.5, 0.6) is 0 Å². The number of hydrogen-bond donors (Lipinski definition) is 0. The molecule has 2 saturated heterocycles. The molecule has 134 valence electrons. The van der Waals surface area contributed by atoms with Crippen molar-refractivity contribution in [2.24, 2.45) is 5.41 Å². The monoisotopic (exact) mass is 341 g/mol. The third kappa shape index (κ3) is 4.27. The molecule has 1 aromatic heterocycles. The third-order valence-corrected chi connectivity index (χ3v) is 5.45. The number of nitrogens with zero attached hydrogens (tertiary/aromatic N) is 3. The van der Waals surface area contributed by atoms with E-state index in [0.717, 1.165) is 50.9 Å². The van der Waals surface area contributed by atoms with E-state index in [1.165, 1.54) is 0 Å². The summed E-state index contributed by atoms with van der Waals surface area (Å²) in [6.07, 6.45) is 10.2. The van der Waals surface area contributed by atoms with Crippen LogP contribution >= 0.6 is 0 Å². The number of piperidine rings is 2. The molecule has 5 heteroatoms. The minimum absolute atomic E-state index is 0.0586. The van der Waals surface area contributed by atoms with Gasteiger partial charge >= 0.3 is 0 Å². The first-order chi connectivity index (χ1) is 12.1. The highest BCUT2D eigenvalue weighted by Gasteiger charge is 2.42. The molecule has 2 fully saturated rings. The summed E-state index contributed by atoms with van der Waals surface area (Å²) in [7, 11) is 0. The van der Waals surface area contributed by atoms with Crippen LogP contribution in [-0.4, -0.2) is 46.2 Å². The van der Waals surface area contributed by atoms with Gasteiger partial charge in [-0.25, -0.2) is 0 Å². The molecule has 3 heterocycles. The molecule has 0 aliphatic carbocycles. The van der Waals surface area contributed by atoms with Gasteiger partial charge in [0.1, 0.15) is 0 Å². The second-order valence-electron chi connectivity index (χ2n) is 7.35. The van der Waals surface area contributed by atoms with Crippen LogP contribution in [0, 0.1) is 5.41 Å². The zero-order valence-electron chi connectivity index (χ0n) is 14.8. The second kappa shape index (κ2) is 7.81. The Morgan fingerprint density at radius 1 is 1.28 bits per heavy atom. The van der Waals surface area contributed by atoms with Crippen LogP contribution in [0.4, 0.5) is 0 Å². The zero-order chi connectivity index (χ0) is 17.7. The number of carbonyl (C=O) groups is 2. The maximum atomic E-state index is 12.4. The SMILES string of the molecule is C=CCCC(=O)N1CCC[C@@]2(CCC(=O)N(Cc3ccncc3)C2)C1. The molecule has 2 aliphatic rings. The number of aromatic nitrogens is 1. The molecule has 3 rings (SSSR count). The highest BCUT2D eigenvalue weighted by atomic mass is 16.2. The topological polar surface area (TPSA) is 53.5 Å². The standard InChI is InChI=1S/C20H27N3O2/c1-2-3-5-18(24)22-13-4-9-20(15-22)10-6-19(25)23(16-20)14-17-7-11-21-12-8-17/h2,7-8,11-12H,1,3-6,9-10,13-16H2/t20-/m1/s1. The van der Waals surface area contributed by atoms with Gasteiger partial charge in [-0.1, -0.05) is 6.08 Å². The summed E-state index contributed by atoms with van der Waals surface area (Å²) in [5.41, 5.74) is 1.17. The molecule has 0 saturated carbocycles. The fourth-order valence-electron chi connectivity index (χ4n) is 4.09. The molecule has 25 heavy (non-hydrogen) atoms. The van der Waals surface area contributed by atoms with E-state index in [9.17, 15) is 9.59 Å². The summed E-state index contributed by atoms with van der Waals surface area (Å²) in [4.78, 5) is 32.8. The molecule has 1 atom stereocenters. The van der Waals surface area contributed by atoms with E-state index in [-0.39, 0.29) is 17.2 Å². The molecule has 5 nitrogen and oxygen atoms in total. The fourth-order valence-corrected chi connectivity index (χ4v) is 4.09. The average Bonchev–Trinajstić information content (AvgIpc) is 2.64. The molecule has 0 N–H and O–H groups in total. The first-order valence-corrected chi connectivity index (χ1v) is 9.17. The first kappa shape index (κ1) is 17.6. The molecular formula is C20H27N3O2. The van der Waals surface area contributed by atoms with Crippen molar-refractivity contribution in [2.45, 2.75) is 45.1 Å². The van der Waals surface area contributed by atoms with E-state index in [2.05, 4.69) is 11.6 Å². The Labute approximate surface area is 149 Å². The number of pyridine rings is 1. The molecule has 1 spiro atoms. The number of likely N-dealkylation sites (tertiary alicyclic amines) is 2. The number of hydrogen-bond acceptors (Lipinski definition) is 3. The quantitative estimate of drug-likeness (QED) is 0.774. The van der Waals surface area contributed by atoms with Crippen molar-refractivity contribution in [1.82, 2.24) is 14.8 Å². The number of allylic oxidation sites excluding steroid dienone is 1. The summed E-state index contributed by atoms with van der Waals surface area (Å²) in [6, 6.07) is 3.92. The maximum Gasteiger partial charge on any atom is 0.222 e. The fraction of sp³-hybridized carbons (Fsp3) is 0.550. The highest BCUT2D eigenvalue weighted by molar-refractivity contribution is 5.78. The van der Waals surface area contributed by atoms with Gasteiger partial charge in [0.2, 0.25) is 11.8 Å². The number of amides is 2. The minimum atomic E-state index is 0.0586. The summed E-state index contributed by atoms with van der Waals surface area (Å²) in [5, 5.41) is 0. The summed E-state index contributed by atoms with van der Waals surface area (Å²) in [5.74, 6) is 0.439. The zero-order valence-corrected chi connectivity index (χ0v) is 14.8. The number of rotatable bonds is 5. The van der Waals surface area contributed by atoms with E-state index in [1.54, 1.807) is 18.5 Å². The van der Waals surface area contributed by atoms with Crippen molar-refractivity contribution in [3.63, 3.8) is 0 Å². The van der Waals surface area contributed by atoms with Gasteiger partial charge in [0.05, 0.1) is 0 Å². The van der Waals surface area contributed by atoms with E-state index >= 15 is 0 Å². The first-order valence-electron chi connectivity index (χ1n) is 9.17. The predicted molar refractivity (Wildman–Crippen MR) is 96.6 cm³/mol. The minimum Gasteiger partial charge on any atom is -0.342 e. The van der Waals surface area contributed by atoms with Crippen LogP contribution < -0.4 is 0 Å². The Bertz CT molecular complexity index is 631. The average molecular weight is 341 g/mol. The van der Waals surface area contributed by atoms with Crippen molar-refractivity contribution < 1.29 is 9.59 Å². The third-order valence-electron chi connectivity index (χ3n) is 5.45. The van der Waals surface area contributed by atoms with Gasteiger partial charge in [0.25, 0.3) is 0 Å². The molecular weight excluding hydrogens is 314 g/mol. The Kier molecular flexibility index (Phi) is 5.51. The van der Waals surface area contributed by atoms with Gasteiger partial charge in [0.15, 0.2) is 0 Å². The van der Waals surface area contributed by atoms with Crippen molar-refractivity contribution >= 4 is 11.8 Å². The molecule has 0 bridgehead atoms. The molecule has 2 amide bonds. The Hall–Kier alpha value is -2.17. The van der Waals surface area contributed by atoms with Crippen molar-refractivity contribution in [2.75, 3.05) is 19.6 Å². The highest BCUT2D eigenvalue weighted by Crippen LogP contribution is 2.39. The summed E-state index contributed by atoms with van der Waals surface area (Å²) < 4.78 is 0. The largest absolute Gasteiger partial charge is 0.342 e. The van der Waals surface area contributed by atoms with Crippen LogP contribution in [0.3, 0.4) is 0 Å². The van der Waals surface area contributed by atoms with E-state index in [0.29, 0.717) is 19.4 Å². The van der Waals surface area contributed by atoms with Crippen LogP contribution in [0.25, 0.3) is 0 Å². The van der Waals surface area contributed by atoms with Crippen LogP contribution in [-0.2, 0) is 16.1 Å². The van der Waals surface area contributed by atoms with Gasteiger partial charge in [-0.15, -0.1) is 6.58 Å². The smallest absolute Gasteiger partial charge is 0.222 e. The van der Waals surface area contributed by atoms with Gasteiger partial charge < -0.3 is 9.80 Å². The Morgan fingerprint density at radius 3 is 2.84 bits per heavy atom. The van der Waals surface area contributed by atoms with E-state index in [4.69, 9.17) is 0 Å². The molecule has 2 aliphatic heterocycles. The van der Waals surface area contributed by atoms with Crippen molar-refractivity contribution in [1.29, 1.82) is 0 Å². The lowest BCUT2D eigenvalue weighted by molar-refractivity contribution is -0.143. The van der Waals surface area contributed by atoms with Gasteiger partial charge in [-0.3, -0.25) is 14.6 Å². The van der Waals surface area contributed by atoms with Crippen LogP contribution in [0.15, 0.2) is 37.2 Å². The predicted octanol–water partition coefficient (Wildman–Crippen LogP) is 2.78. The normalized spacial score (nSPS) is 23.8. The summed E-state index contributed by atoms with van der Waals surface area (Å²) >= 11 is 0. The Morgan fingerprint density at radius 2 is 2.08 bits per heavy atom. The number of carbonyl (C=O) groups excluding carboxylic acids is 2. The van der Waals surface area contributed by atoms with Crippen molar-refractivity contribution in [3.8, 4) is 0 Å². The van der Waals surface area contributed by atoms with Gasteiger partial charge in [0, 0.05) is 56.8 Å². The van der Waals surface area contributed by atoms with Gasteiger partial charge in [-0.05, 0) is 43.4 Å². The van der Waals surface area contributed by atoms with Crippen LogP contribution in [0.1, 0.15) is 44.1 Å². The van der Waals surface area contributed by atoms with E-state index < -0.39 is 0 Å².